The number of esters is 1. The molecule has 1 aromatic heterocycles. The molecule has 1 N–H and O–H groups in total. The first-order valence-corrected chi connectivity index (χ1v) is 7.82. The maximum absolute atomic E-state index is 12.1. The molecule has 2 rings (SSSR count). The van der Waals surface area contributed by atoms with Crippen LogP contribution in [-0.2, 0) is 16.0 Å². The fourth-order valence-corrected chi connectivity index (χ4v) is 2.46. The molecule has 2 aromatic rings. The van der Waals surface area contributed by atoms with E-state index >= 15 is 0 Å². The molecule has 0 unspecified atom stereocenters. The molecule has 1 heterocycles. The summed E-state index contributed by atoms with van der Waals surface area (Å²) in [5.74, 6) is -0.876. The number of nitrogens with zero attached hydrogens (tertiary/aromatic N) is 1. The zero-order valence-corrected chi connectivity index (χ0v) is 13.4. The highest BCUT2D eigenvalue weighted by atomic mass is 32.1. The lowest BCUT2D eigenvalue weighted by atomic mass is 10.1. The zero-order chi connectivity index (χ0) is 17.5. The molecule has 0 spiro atoms. The van der Waals surface area contributed by atoms with Crippen LogP contribution >= 0.6 is 11.3 Å². The van der Waals surface area contributed by atoms with Gasteiger partial charge in [-0.25, -0.2) is 9.78 Å². The summed E-state index contributed by atoms with van der Waals surface area (Å²) in [5.41, 5.74) is 0.752. The average molecular weight is 356 g/mol. The summed E-state index contributed by atoms with van der Waals surface area (Å²) < 4.78 is 33.1. The van der Waals surface area contributed by atoms with Crippen molar-refractivity contribution >= 4 is 28.3 Å². The smallest absolute Gasteiger partial charge is 0.387 e. The normalized spacial score (nSPS) is 10.5. The molecule has 0 atom stereocenters. The van der Waals surface area contributed by atoms with Crippen LogP contribution < -0.4 is 10.1 Å². The maximum Gasteiger partial charge on any atom is 0.387 e. The van der Waals surface area contributed by atoms with Crippen molar-refractivity contribution in [3.63, 3.8) is 0 Å². The Morgan fingerprint density at radius 2 is 2.00 bits per heavy atom. The summed E-state index contributed by atoms with van der Waals surface area (Å²) in [6.45, 7) is -0.967. The van der Waals surface area contributed by atoms with Crippen LogP contribution in [0.1, 0.15) is 23.0 Å². The first kappa shape index (κ1) is 17.8. The summed E-state index contributed by atoms with van der Waals surface area (Å²) in [4.78, 5) is 27.4. The van der Waals surface area contributed by atoms with Gasteiger partial charge in [-0.3, -0.25) is 4.79 Å². The first-order chi connectivity index (χ1) is 11.5. The number of amides is 1. The number of hydrogen-bond donors (Lipinski definition) is 1. The van der Waals surface area contributed by atoms with Crippen LogP contribution in [0.25, 0.3) is 0 Å². The Labute approximate surface area is 140 Å². The molecule has 24 heavy (non-hydrogen) atoms. The Morgan fingerprint density at radius 3 is 2.62 bits per heavy atom. The summed E-state index contributed by atoms with van der Waals surface area (Å²) in [5, 5.41) is 4.33. The summed E-state index contributed by atoms with van der Waals surface area (Å²) in [7, 11) is 0. The second-order valence-electron chi connectivity index (χ2n) is 4.51. The Morgan fingerprint density at radius 1 is 1.29 bits per heavy atom. The third-order valence-corrected chi connectivity index (χ3v) is 3.51. The van der Waals surface area contributed by atoms with Crippen molar-refractivity contribution in [3.8, 4) is 5.75 Å². The monoisotopic (exact) mass is 356 g/mol. The van der Waals surface area contributed by atoms with Crippen LogP contribution in [0.2, 0.25) is 0 Å². The van der Waals surface area contributed by atoms with Crippen LogP contribution in [-0.4, -0.2) is 30.1 Å². The maximum atomic E-state index is 12.1. The zero-order valence-electron chi connectivity index (χ0n) is 12.6. The number of halogens is 2. The highest BCUT2D eigenvalue weighted by molar-refractivity contribution is 7.14. The first-order valence-electron chi connectivity index (χ1n) is 6.94. The van der Waals surface area contributed by atoms with Gasteiger partial charge in [0.05, 0.1) is 13.0 Å². The second kappa shape index (κ2) is 8.34. The minimum atomic E-state index is -2.89. The van der Waals surface area contributed by atoms with Gasteiger partial charge in [0.25, 0.3) is 0 Å². The van der Waals surface area contributed by atoms with Crippen LogP contribution in [0.4, 0.5) is 13.9 Å². The summed E-state index contributed by atoms with van der Waals surface area (Å²) >= 11 is 1.10. The lowest BCUT2D eigenvalue weighted by Crippen LogP contribution is -2.14. The minimum Gasteiger partial charge on any atom is -0.461 e. The van der Waals surface area contributed by atoms with Gasteiger partial charge in [0.15, 0.2) is 10.8 Å². The molecule has 0 radical (unpaired) electrons. The predicted octanol–water partition coefficient (Wildman–Crippen LogP) is 3.10. The van der Waals surface area contributed by atoms with Gasteiger partial charge in [0, 0.05) is 5.38 Å². The molecule has 0 aliphatic heterocycles. The Kier molecular flexibility index (Phi) is 6.19. The van der Waals surface area contributed by atoms with E-state index in [4.69, 9.17) is 4.74 Å². The van der Waals surface area contributed by atoms with E-state index in [0.717, 1.165) is 11.3 Å². The molecule has 128 valence electrons. The van der Waals surface area contributed by atoms with Gasteiger partial charge in [0.1, 0.15) is 5.75 Å². The molecule has 1 aromatic carbocycles. The Hall–Kier alpha value is -2.55. The topological polar surface area (TPSA) is 77.5 Å². The summed E-state index contributed by atoms with van der Waals surface area (Å²) in [6, 6.07) is 5.75. The van der Waals surface area contributed by atoms with E-state index in [-0.39, 0.29) is 35.5 Å². The molecule has 0 bridgehead atoms. The quantitative estimate of drug-likeness (QED) is 0.772. The lowest BCUT2D eigenvalue weighted by molar-refractivity contribution is -0.115. The molecule has 0 saturated heterocycles. The summed E-state index contributed by atoms with van der Waals surface area (Å²) in [6.07, 6.45) is 0.0310. The Bertz CT molecular complexity index is 704. The number of carbonyl (C=O) groups excluding carboxylic acids is 2. The molecular weight excluding hydrogens is 342 g/mol. The standard InChI is InChI=1S/C15H14F2N2O4S/c1-2-22-13(21)11-8-24-15(18-11)19-12(20)7-9-3-5-10(6-4-9)23-14(16)17/h3-6,8,14H,2,7H2,1H3,(H,18,19,20). The van der Waals surface area contributed by atoms with Crippen LogP contribution in [0, 0.1) is 0 Å². The largest absolute Gasteiger partial charge is 0.461 e. The number of carbonyl (C=O) groups is 2. The van der Waals surface area contributed by atoms with Gasteiger partial charge in [-0.05, 0) is 24.6 Å². The number of thiazole rings is 1. The molecule has 9 heteroatoms. The number of rotatable bonds is 7. The van der Waals surface area contributed by atoms with Gasteiger partial charge in [-0.2, -0.15) is 8.78 Å². The number of aromatic nitrogens is 1. The van der Waals surface area contributed by atoms with Crippen molar-refractivity contribution in [2.24, 2.45) is 0 Å². The van der Waals surface area contributed by atoms with Gasteiger partial charge < -0.3 is 14.8 Å². The highest BCUT2D eigenvalue weighted by Gasteiger charge is 2.13. The van der Waals surface area contributed by atoms with Crippen LogP contribution in [0.5, 0.6) is 5.75 Å². The molecule has 0 aliphatic rings. The van der Waals surface area contributed by atoms with E-state index in [1.54, 1.807) is 6.92 Å². The van der Waals surface area contributed by atoms with Crippen LogP contribution in [0.15, 0.2) is 29.6 Å². The fourth-order valence-electron chi connectivity index (χ4n) is 1.77. The van der Waals surface area contributed by atoms with E-state index in [1.165, 1.54) is 29.6 Å². The van der Waals surface area contributed by atoms with E-state index in [1.807, 2.05) is 0 Å². The Balaban J connectivity index is 1.90. The van der Waals surface area contributed by atoms with E-state index in [0.29, 0.717) is 5.56 Å². The fraction of sp³-hybridized carbons (Fsp3) is 0.267. The molecular formula is C15H14F2N2O4S. The number of nitrogens with one attached hydrogen (secondary N) is 1. The van der Waals surface area contributed by atoms with Gasteiger partial charge >= 0.3 is 12.6 Å². The third-order valence-electron chi connectivity index (χ3n) is 2.75. The molecule has 0 aliphatic carbocycles. The van der Waals surface area contributed by atoms with E-state index < -0.39 is 12.6 Å². The van der Waals surface area contributed by atoms with Crippen molar-refractivity contribution in [3.05, 3.63) is 40.9 Å². The van der Waals surface area contributed by atoms with Crippen molar-refractivity contribution in [2.75, 3.05) is 11.9 Å². The molecule has 0 fully saturated rings. The third kappa shape index (κ3) is 5.27. The van der Waals surface area contributed by atoms with E-state index in [9.17, 15) is 18.4 Å². The number of ether oxygens (including phenoxy) is 2. The molecule has 6 nitrogen and oxygen atoms in total. The van der Waals surface area contributed by atoms with Gasteiger partial charge in [0.2, 0.25) is 5.91 Å². The molecule has 0 saturated carbocycles. The average Bonchev–Trinajstić information content (AvgIpc) is 2.97. The van der Waals surface area contributed by atoms with Gasteiger partial charge in [-0.1, -0.05) is 12.1 Å². The van der Waals surface area contributed by atoms with Crippen molar-refractivity contribution in [2.45, 2.75) is 20.0 Å². The van der Waals surface area contributed by atoms with Crippen LogP contribution in [0.3, 0.4) is 0 Å². The number of alkyl halides is 2. The second-order valence-corrected chi connectivity index (χ2v) is 5.36. The SMILES string of the molecule is CCOC(=O)c1csc(NC(=O)Cc2ccc(OC(F)F)cc2)n1. The van der Waals surface area contributed by atoms with Crippen molar-refractivity contribution in [1.82, 2.24) is 4.98 Å². The number of hydrogen-bond acceptors (Lipinski definition) is 6. The van der Waals surface area contributed by atoms with Gasteiger partial charge in [-0.15, -0.1) is 11.3 Å². The number of anilines is 1. The predicted molar refractivity (Wildman–Crippen MR) is 83.5 cm³/mol. The van der Waals surface area contributed by atoms with Crippen molar-refractivity contribution < 1.29 is 27.8 Å². The molecule has 1 amide bonds. The van der Waals surface area contributed by atoms with E-state index in [2.05, 4.69) is 15.0 Å². The minimum absolute atomic E-state index is 0.0214. The highest BCUT2D eigenvalue weighted by Crippen LogP contribution is 2.18. The number of benzene rings is 1. The lowest BCUT2D eigenvalue weighted by Gasteiger charge is -2.06. The van der Waals surface area contributed by atoms with Crippen molar-refractivity contribution in [1.29, 1.82) is 0 Å².